The molecule has 2 aliphatic rings. The van der Waals surface area contributed by atoms with Crippen LogP contribution in [0.25, 0.3) is 0 Å². The van der Waals surface area contributed by atoms with Crippen LogP contribution in [0.3, 0.4) is 0 Å². The Morgan fingerprint density at radius 2 is 2.04 bits per heavy atom. The van der Waals surface area contributed by atoms with Gasteiger partial charge >= 0.3 is 0 Å². The lowest BCUT2D eigenvalue weighted by Gasteiger charge is -2.30. The van der Waals surface area contributed by atoms with Crippen LogP contribution in [-0.4, -0.2) is 18.3 Å². The Morgan fingerprint density at radius 1 is 1.30 bits per heavy atom. The molecule has 6 heteroatoms. The number of hydrogen-bond acceptors (Lipinski definition) is 3. The minimum Gasteiger partial charge on any atom is -0.373 e. The zero-order chi connectivity index (χ0) is 16.6. The van der Waals surface area contributed by atoms with Gasteiger partial charge in [-0.25, -0.2) is 4.39 Å². The van der Waals surface area contributed by atoms with Crippen molar-refractivity contribution < 1.29 is 18.7 Å². The van der Waals surface area contributed by atoms with E-state index in [1.807, 2.05) is 0 Å². The summed E-state index contributed by atoms with van der Waals surface area (Å²) >= 11 is 3.35. The normalized spacial score (nSPS) is 24.4. The molecule has 124 valence electrons. The summed E-state index contributed by atoms with van der Waals surface area (Å²) in [6, 6.07) is 2.61. The van der Waals surface area contributed by atoms with Crippen molar-refractivity contribution in [2.24, 2.45) is 17.6 Å². The molecule has 1 saturated heterocycles. The molecule has 1 aliphatic carbocycles. The summed E-state index contributed by atoms with van der Waals surface area (Å²) in [5.41, 5.74) is 6.41. The van der Waals surface area contributed by atoms with Gasteiger partial charge in [0.25, 0.3) is 0 Å². The first-order valence-electron chi connectivity index (χ1n) is 7.88. The number of carbonyl (C=O) groups is 2. The van der Waals surface area contributed by atoms with Gasteiger partial charge < -0.3 is 10.5 Å². The lowest BCUT2D eigenvalue weighted by atomic mass is 9.88. The zero-order valence-corrected chi connectivity index (χ0v) is 14.3. The summed E-state index contributed by atoms with van der Waals surface area (Å²) in [5.74, 6) is -0.739. The fourth-order valence-corrected chi connectivity index (χ4v) is 3.78. The lowest BCUT2D eigenvalue weighted by molar-refractivity contribution is -0.126. The predicted molar refractivity (Wildman–Crippen MR) is 86.4 cm³/mol. The van der Waals surface area contributed by atoms with Crippen molar-refractivity contribution in [2.45, 2.75) is 38.2 Å². The Hall–Kier alpha value is -1.27. The molecule has 2 atom stereocenters. The van der Waals surface area contributed by atoms with E-state index >= 15 is 0 Å². The maximum Gasteiger partial charge on any atom is 0.220 e. The molecule has 0 radical (unpaired) electrons. The van der Waals surface area contributed by atoms with Gasteiger partial charge in [-0.15, -0.1) is 0 Å². The highest BCUT2D eigenvalue weighted by Gasteiger charge is 2.33. The SMILES string of the molecule is NC(=O)C1CCOC(c2c(Br)cc(F)cc2C(=O)CC2CC2)C1. The van der Waals surface area contributed by atoms with Gasteiger partial charge in [0.1, 0.15) is 5.82 Å². The van der Waals surface area contributed by atoms with Crippen molar-refractivity contribution in [1.29, 1.82) is 0 Å². The Balaban J connectivity index is 1.93. The van der Waals surface area contributed by atoms with Gasteiger partial charge in [0.2, 0.25) is 5.91 Å². The molecule has 1 aliphatic heterocycles. The third-order valence-electron chi connectivity index (χ3n) is 4.57. The Kier molecular flexibility index (Phi) is 4.82. The first kappa shape index (κ1) is 16.6. The number of Topliss-reactive ketones (excluding diaryl/α,β-unsaturated/α-hetero) is 1. The number of benzene rings is 1. The molecule has 1 aromatic carbocycles. The maximum atomic E-state index is 13.8. The number of halogens is 2. The molecular formula is C17H19BrFNO3. The number of amides is 1. The molecule has 2 N–H and O–H groups in total. The summed E-state index contributed by atoms with van der Waals surface area (Å²) in [6.45, 7) is 0.401. The molecule has 4 nitrogen and oxygen atoms in total. The van der Waals surface area contributed by atoms with Gasteiger partial charge in [0.05, 0.1) is 6.10 Å². The van der Waals surface area contributed by atoms with E-state index < -0.39 is 11.9 Å². The maximum absolute atomic E-state index is 13.8. The van der Waals surface area contributed by atoms with Crippen LogP contribution in [0.2, 0.25) is 0 Å². The number of hydrogen-bond donors (Lipinski definition) is 1. The number of rotatable bonds is 5. The van der Waals surface area contributed by atoms with E-state index in [0.29, 0.717) is 47.4 Å². The van der Waals surface area contributed by atoms with Gasteiger partial charge in [-0.3, -0.25) is 9.59 Å². The van der Waals surface area contributed by atoms with Gasteiger partial charge in [-0.1, -0.05) is 15.9 Å². The molecule has 2 unspecified atom stereocenters. The van der Waals surface area contributed by atoms with Crippen LogP contribution in [0.4, 0.5) is 4.39 Å². The molecular weight excluding hydrogens is 365 g/mol. The van der Waals surface area contributed by atoms with E-state index in [2.05, 4.69) is 15.9 Å². The number of primary amides is 1. The van der Waals surface area contributed by atoms with Crippen LogP contribution in [0.15, 0.2) is 16.6 Å². The van der Waals surface area contributed by atoms with Crippen LogP contribution < -0.4 is 5.73 Å². The first-order chi connectivity index (χ1) is 11.0. The molecule has 0 aromatic heterocycles. The minimum atomic E-state index is -0.456. The van der Waals surface area contributed by atoms with Crippen LogP contribution in [0.1, 0.15) is 54.1 Å². The molecule has 23 heavy (non-hydrogen) atoms. The third-order valence-corrected chi connectivity index (χ3v) is 5.23. The second-order valence-corrected chi connectivity index (χ2v) is 7.26. The average molecular weight is 384 g/mol. The fraction of sp³-hybridized carbons (Fsp3) is 0.529. The minimum absolute atomic E-state index is 0.0625. The molecule has 0 bridgehead atoms. The Labute approximate surface area is 142 Å². The van der Waals surface area contributed by atoms with Crippen molar-refractivity contribution >= 4 is 27.6 Å². The van der Waals surface area contributed by atoms with Crippen LogP contribution in [-0.2, 0) is 9.53 Å². The van der Waals surface area contributed by atoms with Crippen LogP contribution in [0, 0.1) is 17.7 Å². The van der Waals surface area contributed by atoms with Gasteiger partial charge in [-0.05, 0) is 43.7 Å². The highest BCUT2D eigenvalue weighted by molar-refractivity contribution is 9.10. The standard InChI is InChI=1S/C17H19BrFNO3/c18-13-8-11(19)7-12(14(21)5-9-1-2-9)16(13)15-6-10(17(20)22)3-4-23-15/h7-10,15H,1-6H2,(H2,20,22). The average Bonchev–Trinajstić information content (AvgIpc) is 3.30. The Bertz CT molecular complexity index is 645. The highest BCUT2D eigenvalue weighted by Crippen LogP contribution is 2.40. The van der Waals surface area contributed by atoms with Crippen molar-refractivity contribution in [3.05, 3.63) is 33.5 Å². The van der Waals surface area contributed by atoms with E-state index in [9.17, 15) is 14.0 Å². The van der Waals surface area contributed by atoms with Crippen LogP contribution in [0.5, 0.6) is 0 Å². The number of carbonyl (C=O) groups excluding carboxylic acids is 2. The molecule has 1 amide bonds. The van der Waals surface area contributed by atoms with E-state index in [4.69, 9.17) is 10.5 Å². The topological polar surface area (TPSA) is 69.4 Å². The Morgan fingerprint density at radius 3 is 2.70 bits per heavy atom. The number of ether oxygens (including phenoxy) is 1. The van der Waals surface area contributed by atoms with Crippen molar-refractivity contribution in [3.8, 4) is 0 Å². The van der Waals surface area contributed by atoms with Gasteiger partial charge in [0.15, 0.2) is 5.78 Å². The molecule has 1 heterocycles. The van der Waals surface area contributed by atoms with Crippen molar-refractivity contribution in [2.75, 3.05) is 6.61 Å². The summed E-state index contributed by atoms with van der Waals surface area (Å²) in [6.07, 6.45) is 3.13. The second kappa shape index (κ2) is 6.69. The molecule has 3 rings (SSSR count). The van der Waals surface area contributed by atoms with Crippen molar-refractivity contribution in [1.82, 2.24) is 0 Å². The van der Waals surface area contributed by atoms with Crippen molar-refractivity contribution in [3.63, 3.8) is 0 Å². The third kappa shape index (κ3) is 3.80. The molecule has 0 spiro atoms. The lowest BCUT2D eigenvalue weighted by Crippen LogP contribution is -2.31. The summed E-state index contributed by atoms with van der Waals surface area (Å²) in [7, 11) is 0. The highest BCUT2D eigenvalue weighted by atomic mass is 79.9. The summed E-state index contributed by atoms with van der Waals surface area (Å²) in [4.78, 5) is 24.0. The largest absolute Gasteiger partial charge is 0.373 e. The fourth-order valence-electron chi connectivity index (χ4n) is 3.09. The van der Waals surface area contributed by atoms with Gasteiger partial charge in [-0.2, -0.15) is 0 Å². The number of nitrogens with two attached hydrogens (primary N) is 1. The first-order valence-corrected chi connectivity index (χ1v) is 8.68. The zero-order valence-electron chi connectivity index (χ0n) is 12.7. The van der Waals surface area contributed by atoms with E-state index in [0.717, 1.165) is 12.8 Å². The smallest absolute Gasteiger partial charge is 0.220 e. The van der Waals surface area contributed by atoms with E-state index in [1.165, 1.54) is 12.1 Å². The quantitative estimate of drug-likeness (QED) is 0.790. The number of ketones is 1. The van der Waals surface area contributed by atoms with Gasteiger partial charge in [0, 0.05) is 34.5 Å². The molecule has 1 saturated carbocycles. The second-order valence-electron chi connectivity index (χ2n) is 6.40. The van der Waals surface area contributed by atoms with Crippen LogP contribution >= 0.6 is 15.9 Å². The van der Waals surface area contributed by atoms with E-state index in [1.54, 1.807) is 0 Å². The monoisotopic (exact) mass is 383 g/mol. The molecule has 1 aromatic rings. The summed E-state index contributed by atoms with van der Waals surface area (Å²) in [5, 5.41) is 0. The predicted octanol–water partition coefficient (Wildman–Crippen LogP) is 3.52. The summed E-state index contributed by atoms with van der Waals surface area (Å²) < 4.78 is 20.1. The molecule has 2 fully saturated rings. The van der Waals surface area contributed by atoms with E-state index in [-0.39, 0.29) is 17.6 Å².